The van der Waals surface area contributed by atoms with Gasteiger partial charge >= 0.3 is 0 Å². The molecule has 2 fully saturated rings. The molecule has 2 heterocycles. The maximum atomic E-state index is 12.2. The van der Waals surface area contributed by atoms with E-state index in [1.165, 1.54) is 45.1 Å². The highest BCUT2D eigenvalue weighted by Gasteiger charge is 2.26. The van der Waals surface area contributed by atoms with Crippen molar-refractivity contribution < 1.29 is 0 Å². The third-order valence-electron chi connectivity index (χ3n) is 5.37. The molecule has 1 aromatic rings. The molecule has 0 unspecified atom stereocenters. The van der Waals surface area contributed by atoms with Crippen molar-refractivity contribution in [1.29, 1.82) is 0 Å². The van der Waals surface area contributed by atoms with Crippen LogP contribution >= 0.6 is 0 Å². The van der Waals surface area contributed by atoms with E-state index in [2.05, 4.69) is 9.88 Å². The number of nitrogens with zero attached hydrogens (tertiary/aromatic N) is 2. The number of hydrogen-bond acceptors (Lipinski definition) is 3. The van der Waals surface area contributed by atoms with Crippen molar-refractivity contribution >= 4 is 0 Å². The Balaban J connectivity index is 1.49. The second-order valence-electron chi connectivity index (χ2n) is 7.22. The lowest BCUT2D eigenvalue weighted by molar-refractivity contribution is 0.210. The minimum Gasteiger partial charge on any atom is -0.310 e. The Labute approximate surface area is 126 Å². The maximum absolute atomic E-state index is 12.2. The normalized spacial score (nSPS) is 23.4. The van der Waals surface area contributed by atoms with Crippen molar-refractivity contribution in [3.05, 3.63) is 27.4 Å². The van der Waals surface area contributed by atoms with Crippen molar-refractivity contribution in [3.8, 4) is 0 Å². The van der Waals surface area contributed by atoms with E-state index in [1.807, 2.05) is 0 Å². The standard InChI is InChI=1S/C17H25N3O/c21-17-14-7-8-20(10-13-3-1-2-4-13)11-15(14)18-16(19-17)9-12-5-6-12/h12-13H,1-11H2,(H,18,19,21). The topological polar surface area (TPSA) is 49.0 Å². The molecule has 0 aromatic carbocycles. The quantitative estimate of drug-likeness (QED) is 0.924. The second kappa shape index (κ2) is 5.56. The zero-order valence-corrected chi connectivity index (χ0v) is 12.7. The molecule has 1 aromatic heterocycles. The van der Waals surface area contributed by atoms with E-state index in [-0.39, 0.29) is 5.56 Å². The molecule has 0 amide bonds. The first-order valence-corrected chi connectivity index (χ1v) is 8.61. The van der Waals surface area contributed by atoms with Crippen molar-refractivity contribution in [2.24, 2.45) is 11.8 Å². The number of hydrogen-bond donors (Lipinski definition) is 1. The lowest BCUT2D eigenvalue weighted by atomic mass is 10.0. The van der Waals surface area contributed by atoms with Gasteiger partial charge in [0.2, 0.25) is 0 Å². The van der Waals surface area contributed by atoms with Crippen molar-refractivity contribution in [2.45, 2.75) is 57.9 Å². The van der Waals surface area contributed by atoms with Gasteiger partial charge < -0.3 is 4.98 Å². The Morgan fingerprint density at radius 3 is 2.71 bits per heavy atom. The van der Waals surface area contributed by atoms with E-state index in [4.69, 9.17) is 4.98 Å². The summed E-state index contributed by atoms with van der Waals surface area (Å²) in [5, 5.41) is 0. The summed E-state index contributed by atoms with van der Waals surface area (Å²) < 4.78 is 0. The fourth-order valence-corrected chi connectivity index (χ4v) is 3.95. The first-order valence-electron chi connectivity index (χ1n) is 8.61. The molecule has 1 aliphatic heterocycles. The molecular weight excluding hydrogens is 262 g/mol. The Bertz CT molecular complexity index is 570. The van der Waals surface area contributed by atoms with Gasteiger partial charge in [0.15, 0.2) is 0 Å². The molecule has 0 atom stereocenters. The highest BCUT2D eigenvalue weighted by atomic mass is 16.1. The van der Waals surface area contributed by atoms with Crippen LogP contribution in [0.2, 0.25) is 0 Å². The maximum Gasteiger partial charge on any atom is 0.254 e. The Hall–Kier alpha value is -1.16. The third-order valence-corrected chi connectivity index (χ3v) is 5.37. The van der Waals surface area contributed by atoms with Crippen LogP contribution in [0.1, 0.15) is 55.6 Å². The molecule has 0 bridgehead atoms. The van der Waals surface area contributed by atoms with Crippen LogP contribution in [0.25, 0.3) is 0 Å². The third kappa shape index (κ3) is 3.05. The molecule has 0 radical (unpaired) electrons. The monoisotopic (exact) mass is 287 g/mol. The average molecular weight is 287 g/mol. The highest BCUT2D eigenvalue weighted by Crippen LogP contribution is 2.32. The summed E-state index contributed by atoms with van der Waals surface area (Å²) in [7, 11) is 0. The van der Waals surface area contributed by atoms with Crippen molar-refractivity contribution in [2.75, 3.05) is 13.1 Å². The van der Waals surface area contributed by atoms with Gasteiger partial charge in [-0.05, 0) is 43.9 Å². The Kier molecular flexibility index (Phi) is 3.57. The predicted octanol–water partition coefficient (Wildman–Crippen LogP) is 2.27. The van der Waals surface area contributed by atoms with Gasteiger partial charge in [0.25, 0.3) is 5.56 Å². The Morgan fingerprint density at radius 2 is 1.95 bits per heavy atom. The molecule has 114 valence electrons. The molecule has 0 spiro atoms. The lowest BCUT2D eigenvalue weighted by Crippen LogP contribution is -2.38. The molecule has 4 heteroatoms. The molecule has 2 saturated carbocycles. The first-order chi connectivity index (χ1) is 10.3. The van der Waals surface area contributed by atoms with Gasteiger partial charge in [0, 0.05) is 31.6 Å². The molecule has 4 nitrogen and oxygen atoms in total. The van der Waals surface area contributed by atoms with E-state index >= 15 is 0 Å². The number of aromatic nitrogens is 2. The van der Waals surface area contributed by atoms with Gasteiger partial charge in [0.1, 0.15) is 5.82 Å². The summed E-state index contributed by atoms with van der Waals surface area (Å²) in [4.78, 5) is 22.5. The lowest BCUT2D eigenvalue weighted by Gasteiger charge is -2.29. The summed E-state index contributed by atoms with van der Waals surface area (Å²) in [5.41, 5.74) is 2.12. The van der Waals surface area contributed by atoms with Crippen molar-refractivity contribution in [3.63, 3.8) is 0 Å². The van der Waals surface area contributed by atoms with Gasteiger partial charge in [-0.1, -0.05) is 12.8 Å². The van der Waals surface area contributed by atoms with Crippen LogP contribution in [-0.2, 0) is 19.4 Å². The molecule has 0 saturated heterocycles. The summed E-state index contributed by atoms with van der Waals surface area (Å²) in [6, 6.07) is 0. The molecule has 2 aliphatic carbocycles. The zero-order valence-electron chi connectivity index (χ0n) is 12.7. The summed E-state index contributed by atoms with van der Waals surface area (Å²) in [6.07, 6.45) is 10.0. The molecule has 4 rings (SSSR count). The fourth-order valence-electron chi connectivity index (χ4n) is 3.95. The van der Waals surface area contributed by atoms with Crippen LogP contribution in [-0.4, -0.2) is 28.0 Å². The van der Waals surface area contributed by atoms with Gasteiger partial charge in [-0.3, -0.25) is 9.69 Å². The van der Waals surface area contributed by atoms with Crippen LogP contribution in [0.3, 0.4) is 0 Å². The largest absolute Gasteiger partial charge is 0.310 e. The average Bonchev–Trinajstić information content (AvgIpc) is 3.12. The van der Waals surface area contributed by atoms with E-state index in [0.29, 0.717) is 0 Å². The number of H-pyrrole nitrogens is 1. The van der Waals surface area contributed by atoms with Crippen LogP contribution in [0.15, 0.2) is 4.79 Å². The van der Waals surface area contributed by atoms with Crippen LogP contribution in [0.5, 0.6) is 0 Å². The molecule has 3 aliphatic rings. The second-order valence-corrected chi connectivity index (χ2v) is 7.22. The van der Waals surface area contributed by atoms with Gasteiger partial charge in [-0.15, -0.1) is 0 Å². The van der Waals surface area contributed by atoms with E-state index < -0.39 is 0 Å². The summed E-state index contributed by atoms with van der Waals surface area (Å²) in [5.74, 6) is 2.56. The van der Waals surface area contributed by atoms with Crippen LogP contribution in [0.4, 0.5) is 0 Å². The minimum atomic E-state index is 0.121. The minimum absolute atomic E-state index is 0.121. The summed E-state index contributed by atoms with van der Waals surface area (Å²) in [6.45, 7) is 3.11. The van der Waals surface area contributed by atoms with Crippen molar-refractivity contribution in [1.82, 2.24) is 14.9 Å². The van der Waals surface area contributed by atoms with Crippen LogP contribution < -0.4 is 5.56 Å². The van der Waals surface area contributed by atoms with Crippen LogP contribution in [0, 0.1) is 11.8 Å². The first kappa shape index (κ1) is 13.5. The highest BCUT2D eigenvalue weighted by molar-refractivity contribution is 5.21. The summed E-state index contributed by atoms with van der Waals surface area (Å²) >= 11 is 0. The Morgan fingerprint density at radius 1 is 1.14 bits per heavy atom. The van der Waals surface area contributed by atoms with Gasteiger partial charge in [-0.25, -0.2) is 4.98 Å². The number of aromatic amines is 1. The number of rotatable bonds is 4. The van der Waals surface area contributed by atoms with Gasteiger partial charge in [0.05, 0.1) is 5.69 Å². The predicted molar refractivity (Wildman–Crippen MR) is 82.2 cm³/mol. The molecule has 21 heavy (non-hydrogen) atoms. The van der Waals surface area contributed by atoms with E-state index in [0.717, 1.165) is 54.8 Å². The number of fused-ring (bicyclic) bond motifs is 1. The number of nitrogens with one attached hydrogen (secondary N) is 1. The van der Waals surface area contributed by atoms with Gasteiger partial charge in [-0.2, -0.15) is 0 Å². The fraction of sp³-hybridized carbons (Fsp3) is 0.765. The van der Waals surface area contributed by atoms with E-state index in [9.17, 15) is 4.79 Å². The smallest absolute Gasteiger partial charge is 0.254 e. The molecule has 1 N–H and O–H groups in total. The molecular formula is C17H25N3O. The zero-order chi connectivity index (χ0) is 14.2. The SMILES string of the molecule is O=c1[nH]c(CC2CC2)nc2c1CCN(CC1CCCC1)C2. The van der Waals surface area contributed by atoms with E-state index in [1.54, 1.807) is 0 Å².